The molecule has 6 nitrogen and oxygen atoms in total. The van der Waals surface area contributed by atoms with E-state index >= 15 is 0 Å². The van der Waals surface area contributed by atoms with Crippen molar-refractivity contribution < 1.29 is 9.53 Å². The zero-order valence-corrected chi connectivity index (χ0v) is 17.0. The number of aromatic nitrogens is 3. The van der Waals surface area contributed by atoms with Crippen LogP contribution >= 0.6 is 23.1 Å². The largest absolute Gasteiger partial charge is 0.497 e. The summed E-state index contributed by atoms with van der Waals surface area (Å²) in [5.41, 5.74) is 3.56. The fraction of sp³-hybridized carbons (Fsp3) is 0.150. The lowest BCUT2D eigenvalue weighted by Gasteiger charge is -2.17. The molecule has 0 saturated carbocycles. The quantitative estimate of drug-likeness (QED) is 0.453. The zero-order chi connectivity index (χ0) is 19.5. The summed E-state index contributed by atoms with van der Waals surface area (Å²) in [6, 6.07) is 15.3. The number of H-pyrrole nitrogens is 1. The monoisotopic (exact) mass is 410 g/mol. The topological polar surface area (TPSA) is 71.1 Å². The second-order valence-electron chi connectivity index (χ2n) is 6.03. The lowest BCUT2D eigenvalue weighted by atomic mass is 10.3. The Hall–Kier alpha value is -2.84. The average Bonchev–Trinajstić information content (AvgIpc) is 3.33. The molecule has 0 fully saturated rings. The van der Waals surface area contributed by atoms with Crippen molar-refractivity contribution in [3.63, 3.8) is 0 Å². The lowest BCUT2D eigenvalue weighted by molar-refractivity contribution is -0.115. The first-order chi connectivity index (χ1) is 13.6. The molecule has 0 atom stereocenters. The molecular weight excluding hydrogens is 392 g/mol. The Kier molecular flexibility index (Phi) is 5.31. The summed E-state index contributed by atoms with van der Waals surface area (Å²) in [6.45, 7) is 1.55. The van der Waals surface area contributed by atoms with E-state index in [1.807, 2.05) is 53.9 Å². The maximum absolute atomic E-state index is 12.1. The molecular formula is C20H18N4O2S2. The highest BCUT2D eigenvalue weighted by molar-refractivity contribution is 7.98. The number of para-hydroxylation sites is 1. The van der Waals surface area contributed by atoms with Crippen LogP contribution in [0.1, 0.15) is 12.6 Å². The Morgan fingerprint density at radius 1 is 1.21 bits per heavy atom. The van der Waals surface area contributed by atoms with E-state index in [-0.39, 0.29) is 5.91 Å². The van der Waals surface area contributed by atoms with E-state index in [0.717, 1.165) is 33.3 Å². The second kappa shape index (κ2) is 8.04. The molecule has 0 spiro atoms. The lowest BCUT2D eigenvalue weighted by Crippen LogP contribution is -2.22. The van der Waals surface area contributed by atoms with Gasteiger partial charge in [-0.15, -0.1) is 11.3 Å². The number of nitrogens with zero attached hydrogens (tertiary/aromatic N) is 3. The Morgan fingerprint density at radius 2 is 2.04 bits per heavy atom. The second-order valence-corrected chi connectivity index (χ2v) is 7.83. The van der Waals surface area contributed by atoms with Crippen LogP contribution in [0.2, 0.25) is 0 Å². The number of anilines is 2. The van der Waals surface area contributed by atoms with Crippen molar-refractivity contribution in [2.45, 2.75) is 17.8 Å². The van der Waals surface area contributed by atoms with Gasteiger partial charge < -0.3 is 9.72 Å². The van der Waals surface area contributed by atoms with Crippen molar-refractivity contribution in [3.05, 3.63) is 59.6 Å². The van der Waals surface area contributed by atoms with Crippen molar-refractivity contribution in [1.29, 1.82) is 0 Å². The number of benzene rings is 2. The summed E-state index contributed by atoms with van der Waals surface area (Å²) in [5.74, 6) is 1.39. The Morgan fingerprint density at radius 3 is 2.79 bits per heavy atom. The first-order valence-electron chi connectivity index (χ1n) is 8.61. The number of amides is 1. The van der Waals surface area contributed by atoms with Gasteiger partial charge in [0.1, 0.15) is 5.75 Å². The first-order valence-corrected chi connectivity index (χ1v) is 10.5. The number of ether oxygens (including phenoxy) is 1. The number of thiazole rings is 1. The molecule has 2 aromatic heterocycles. The Bertz CT molecular complexity index is 1110. The van der Waals surface area contributed by atoms with Gasteiger partial charge in [-0.3, -0.25) is 9.69 Å². The number of fused-ring (bicyclic) bond motifs is 1. The van der Waals surface area contributed by atoms with Gasteiger partial charge in [0, 0.05) is 24.1 Å². The molecule has 142 valence electrons. The minimum Gasteiger partial charge on any atom is -0.497 e. The predicted octanol–water partition coefficient (Wildman–Crippen LogP) is 5.00. The number of methoxy groups -OCH3 is 1. The van der Waals surface area contributed by atoms with Gasteiger partial charge >= 0.3 is 0 Å². The van der Waals surface area contributed by atoms with Crippen molar-refractivity contribution in [3.8, 4) is 5.75 Å². The SMILES string of the molecule is COc1ccc2nc(SCc3csc(N(C(C)=O)c4ccccc4)n3)[nH]c2c1. The van der Waals surface area contributed by atoms with Crippen molar-refractivity contribution in [1.82, 2.24) is 15.0 Å². The molecule has 0 unspecified atom stereocenters. The zero-order valence-electron chi connectivity index (χ0n) is 15.4. The van der Waals surface area contributed by atoms with Gasteiger partial charge in [-0.05, 0) is 24.3 Å². The number of rotatable bonds is 6. The van der Waals surface area contributed by atoms with Crippen molar-refractivity contribution >= 4 is 50.9 Å². The number of carbonyl (C=O) groups excluding carboxylic acids is 1. The van der Waals surface area contributed by atoms with E-state index in [9.17, 15) is 4.79 Å². The van der Waals surface area contributed by atoms with Crippen LogP contribution in [0.3, 0.4) is 0 Å². The summed E-state index contributed by atoms with van der Waals surface area (Å²) in [4.78, 5) is 26.3. The van der Waals surface area contributed by atoms with Crippen LogP contribution in [0, 0.1) is 0 Å². The number of hydrogen-bond donors (Lipinski definition) is 1. The van der Waals surface area contributed by atoms with E-state index in [1.165, 1.54) is 11.3 Å². The normalized spacial score (nSPS) is 10.9. The highest BCUT2D eigenvalue weighted by Crippen LogP contribution is 2.31. The fourth-order valence-corrected chi connectivity index (χ4v) is 4.54. The van der Waals surface area contributed by atoms with Gasteiger partial charge in [0.2, 0.25) is 5.91 Å². The van der Waals surface area contributed by atoms with Crippen LogP contribution in [-0.4, -0.2) is 28.0 Å². The third kappa shape index (κ3) is 3.88. The Balaban J connectivity index is 1.49. The predicted molar refractivity (Wildman–Crippen MR) is 114 cm³/mol. The molecule has 2 heterocycles. The third-order valence-corrected chi connectivity index (χ3v) is 5.87. The summed E-state index contributed by atoms with van der Waals surface area (Å²) in [6.07, 6.45) is 0. The molecule has 0 aliphatic heterocycles. The number of hydrogen-bond acceptors (Lipinski definition) is 6. The molecule has 0 saturated heterocycles. The molecule has 4 rings (SSSR count). The minimum atomic E-state index is -0.0639. The molecule has 0 radical (unpaired) electrons. The van der Waals surface area contributed by atoms with Crippen LogP contribution in [0.4, 0.5) is 10.8 Å². The number of nitrogens with one attached hydrogen (secondary N) is 1. The van der Waals surface area contributed by atoms with E-state index in [1.54, 1.807) is 30.7 Å². The maximum atomic E-state index is 12.1. The number of thioether (sulfide) groups is 1. The standard InChI is InChI=1S/C20H18N4O2S2/c1-13(25)24(15-6-4-3-5-7-15)20-21-14(12-28-20)11-27-19-22-17-9-8-16(26-2)10-18(17)23-19/h3-10,12H,11H2,1-2H3,(H,22,23). The molecule has 8 heteroatoms. The van der Waals surface area contributed by atoms with Gasteiger partial charge in [0.15, 0.2) is 10.3 Å². The smallest absolute Gasteiger partial charge is 0.230 e. The van der Waals surface area contributed by atoms with E-state index in [2.05, 4.69) is 15.0 Å². The van der Waals surface area contributed by atoms with E-state index in [0.29, 0.717) is 10.9 Å². The van der Waals surface area contributed by atoms with E-state index < -0.39 is 0 Å². The minimum absolute atomic E-state index is 0.0639. The molecule has 0 aliphatic rings. The van der Waals surface area contributed by atoms with Crippen molar-refractivity contribution in [2.75, 3.05) is 12.0 Å². The molecule has 1 N–H and O–H groups in total. The number of aromatic amines is 1. The third-order valence-electron chi connectivity index (χ3n) is 4.08. The van der Waals surface area contributed by atoms with Gasteiger partial charge in [0.05, 0.1) is 29.5 Å². The van der Waals surface area contributed by atoms with Gasteiger partial charge in [-0.1, -0.05) is 30.0 Å². The summed E-state index contributed by atoms with van der Waals surface area (Å²) in [5, 5.41) is 3.47. The van der Waals surface area contributed by atoms with Crippen LogP contribution < -0.4 is 9.64 Å². The average molecular weight is 411 g/mol. The van der Waals surface area contributed by atoms with Crippen LogP contribution in [0.25, 0.3) is 11.0 Å². The van der Waals surface area contributed by atoms with Gasteiger partial charge in [-0.2, -0.15) is 0 Å². The summed E-state index contributed by atoms with van der Waals surface area (Å²) in [7, 11) is 1.65. The highest BCUT2D eigenvalue weighted by Gasteiger charge is 2.17. The molecule has 0 bridgehead atoms. The Labute approximate surface area is 170 Å². The summed E-state index contributed by atoms with van der Waals surface area (Å²) < 4.78 is 5.25. The maximum Gasteiger partial charge on any atom is 0.230 e. The fourth-order valence-electron chi connectivity index (χ4n) is 2.77. The van der Waals surface area contributed by atoms with Crippen LogP contribution in [0.15, 0.2) is 59.1 Å². The summed E-state index contributed by atoms with van der Waals surface area (Å²) >= 11 is 3.03. The number of imidazole rings is 1. The molecule has 0 aliphatic carbocycles. The molecule has 1 amide bonds. The first kappa shape index (κ1) is 18.5. The molecule has 2 aromatic carbocycles. The van der Waals surface area contributed by atoms with Crippen molar-refractivity contribution in [2.24, 2.45) is 0 Å². The highest BCUT2D eigenvalue weighted by atomic mass is 32.2. The molecule has 28 heavy (non-hydrogen) atoms. The van der Waals surface area contributed by atoms with Gasteiger partial charge in [0.25, 0.3) is 0 Å². The van der Waals surface area contributed by atoms with Crippen LogP contribution in [0.5, 0.6) is 5.75 Å². The van der Waals surface area contributed by atoms with Crippen LogP contribution in [-0.2, 0) is 10.5 Å². The van der Waals surface area contributed by atoms with E-state index in [4.69, 9.17) is 4.74 Å². The molecule has 4 aromatic rings. The number of carbonyl (C=O) groups is 1. The van der Waals surface area contributed by atoms with Gasteiger partial charge in [-0.25, -0.2) is 9.97 Å².